The van der Waals surface area contributed by atoms with E-state index in [1.807, 2.05) is 6.08 Å². The lowest BCUT2D eigenvalue weighted by molar-refractivity contribution is 0.204. The van der Waals surface area contributed by atoms with Crippen LogP contribution in [-0.4, -0.2) is 16.7 Å². The lowest BCUT2D eigenvalue weighted by Crippen LogP contribution is -2.48. The van der Waals surface area contributed by atoms with Crippen molar-refractivity contribution in [1.82, 2.24) is 4.57 Å². The summed E-state index contributed by atoms with van der Waals surface area (Å²) in [7, 11) is 0. The Balaban J connectivity index is 1.10. The fraction of sp³-hybridized carbons (Fsp3) is 0.261. The van der Waals surface area contributed by atoms with Gasteiger partial charge in [-0.1, -0.05) is 128 Å². The number of nitriles is 2. The Morgan fingerprint density at radius 2 is 1.48 bits per heavy atom. The summed E-state index contributed by atoms with van der Waals surface area (Å²) in [6.45, 7) is 2.43. The number of hydrogen-bond donors (Lipinski definition) is 0. The van der Waals surface area contributed by atoms with E-state index in [1.54, 1.807) is 0 Å². The van der Waals surface area contributed by atoms with Gasteiger partial charge in [-0.25, -0.2) is 0 Å². The third-order valence-corrected chi connectivity index (χ3v) is 12.1. The van der Waals surface area contributed by atoms with Crippen LogP contribution < -0.4 is 4.90 Å². The van der Waals surface area contributed by atoms with E-state index < -0.39 is 0 Å². The molecule has 4 aromatic rings. The van der Waals surface area contributed by atoms with E-state index in [1.165, 1.54) is 44.3 Å². The summed E-state index contributed by atoms with van der Waals surface area (Å²) in [5.41, 5.74) is 8.34. The predicted molar refractivity (Wildman–Crippen MR) is 204 cm³/mol. The summed E-state index contributed by atoms with van der Waals surface area (Å²) in [5, 5.41) is 22.6. The second-order valence-corrected chi connectivity index (χ2v) is 14.7. The number of nitrogens with zero attached hydrogens (tertiary/aromatic N) is 4. The van der Waals surface area contributed by atoms with Crippen LogP contribution in [0, 0.1) is 45.8 Å². The SMILES string of the molecule is CC1(C2C=CCC(n3c4ccccc4c4ccccc43)=CC2)CC(C#N)CC=C1C1C=CC=CC1N1c2ccccc2C2C=C(C#N)C=CC21. The number of aromatic nitrogens is 1. The minimum atomic E-state index is -0.199. The first-order valence-electron chi connectivity index (χ1n) is 18.1. The van der Waals surface area contributed by atoms with Gasteiger partial charge >= 0.3 is 0 Å². The van der Waals surface area contributed by atoms with Gasteiger partial charge in [0, 0.05) is 46.0 Å². The van der Waals surface area contributed by atoms with Crippen molar-refractivity contribution in [3.63, 3.8) is 0 Å². The number of fused-ring (bicyclic) bond motifs is 6. The molecule has 0 bridgehead atoms. The van der Waals surface area contributed by atoms with Gasteiger partial charge in [0.2, 0.25) is 0 Å². The molecule has 0 saturated carbocycles. The van der Waals surface area contributed by atoms with Crippen LogP contribution in [0.15, 0.2) is 151 Å². The molecule has 4 heteroatoms. The summed E-state index contributed by atoms with van der Waals surface area (Å²) in [4.78, 5) is 2.60. The maximum Gasteiger partial charge on any atom is 0.0988 e. The van der Waals surface area contributed by atoms with E-state index in [0.717, 1.165) is 31.3 Å². The average molecular weight is 649 g/mol. The number of rotatable bonds is 4. The van der Waals surface area contributed by atoms with Crippen LogP contribution in [0.3, 0.4) is 0 Å². The summed E-state index contributed by atoms with van der Waals surface area (Å²) in [6.07, 6.45) is 28.7. The van der Waals surface area contributed by atoms with Gasteiger partial charge in [0.15, 0.2) is 0 Å². The van der Waals surface area contributed by atoms with E-state index in [2.05, 4.69) is 162 Å². The highest BCUT2D eigenvalue weighted by Crippen LogP contribution is 2.55. The molecule has 50 heavy (non-hydrogen) atoms. The molecule has 7 unspecified atom stereocenters. The monoisotopic (exact) mass is 648 g/mol. The maximum absolute atomic E-state index is 10.3. The van der Waals surface area contributed by atoms with Gasteiger partial charge in [-0.3, -0.25) is 0 Å². The predicted octanol–water partition coefficient (Wildman–Crippen LogP) is 10.6. The molecule has 2 heterocycles. The largest absolute Gasteiger partial charge is 0.357 e. The molecule has 9 rings (SSSR count). The first-order chi connectivity index (χ1) is 24.6. The van der Waals surface area contributed by atoms with E-state index in [4.69, 9.17) is 0 Å². The zero-order chi connectivity index (χ0) is 33.8. The molecule has 4 aliphatic carbocycles. The van der Waals surface area contributed by atoms with Crippen LogP contribution in [-0.2, 0) is 0 Å². The van der Waals surface area contributed by atoms with Crippen molar-refractivity contribution >= 4 is 33.2 Å². The highest BCUT2D eigenvalue weighted by atomic mass is 15.2. The minimum Gasteiger partial charge on any atom is -0.357 e. The molecular formula is C46H40N4. The van der Waals surface area contributed by atoms with Crippen molar-refractivity contribution in [2.75, 3.05) is 4.90 Å². The molecule has 244 valence electrons. The van der Waals surface area contributed by atoms with E-state index >= 15 is 0 Å². The molecule has 3 aromatic carbocycles. The molecule has 0 spiro atoms. The molecule has 0 radical (unpaired) electrons. The summed E-state index contributed by atoms with van der Waals surface area (Å²) < 4.78 is 2.46. The highest BCUT2D eigenvalue weighted by molar-refractivity contribution is 6.10. The smallest absolute Gasteiger partial charge is 0.0988 e. The van der Waals surface area contributed by atoms with Crippen molar-refractivity contribution in [2.24, 2.45) is 23.2 Å². The molecule has 0 N–H and O–H groups in total. The molecule has 4 nitrogen and oxygen atoms in total. The Labute approximate surface area is 294 Å². The van der Waals surface area contributed by atoms with Crippen molar-refractivity contribution < 1.29 is 0 Å². The topological polar surface area (TPSA) is 55.8 Å². The Kier molecular flexibility index (Phi) is 7.36. The normalized spacial score (nSPS) is 29.8. The van der Waals surface area contributed by atoms with Crippen molar-refractivity contribution in [3.05, 3.63) is 156 Å². The third kappa shape index (κ3) is 4.70. The summed E-state index contributed by atoms with van der Waals surface area (Å²) >= 11 is 0. The molecule has 5 aliphatic rings. The van der Waals surface area contributed by atoms with Gasteiger partial charge in [-0.05, 0) is 60.4 Å². The van der Waals surface area contributed by atoms with Crippen LogP contribution in [0.1, 0.15) is 44.1 Å². The van der Waals surface area contributed by atoms with E-state index in [-0.39, 0.29) is 41.2 Å². The van der Waals surface area contributed by atoms with Gasteiger partial charge in [0.25, 0.3) is 0 Å². The first-order valence-corrected chi connectivity index (χ1v) is 18.1. The standard InChI is InChI=1S/C46H40N4/c1-46(33-11-10-12-34(24-23-33)49-41-17-6-2-13-35(41)36-14-3-7-18-42(36)49)28-32(30-48)21-25-40(46)38-16-5-9-20-44(38)50-43-19-8-4-15-37(43)39-27-31(29-47)22-26-45(39)50/h2-11,13-20,22,24-27,32-33,38-39,44-45H,12,21,23,28H2,1H3. The van der Waals surface area contributed by atoms with E-state index in [0.29, 0.717) is 0 Å². The maximum atomic E-state index is 10.3. The Hall–Kier alpha value is -5.58. The highest BCUT2D eigenvalue weighted by Gasteiger charge is 2.48. The molecule has 1 aromatic heterocycles. The molecular weight excluding hydrogens is 609 g/mol. The molecule has 0 saturated heterocycles. The van der Waals surface area contributed by atoms with Crippen LogP contribution in [0.2, 0.25) is 0 Å². The summed E-state index contributed by atoms with van der Waals surface area (Å²) in [6, 6.07) is 31.5. The van der Waals surface area contributed by atoms with E-state index in [9.17, 15) is 10.5 Å². The van der Waals surface area contributed by atoms with Crippen molar-refractivity contribution in [3.8, 4) is 12.1 Å². The molecule has 1 aliphatic heterocycles. The fourth-order valence-electron chi connectivity index (χ4n) is 9.82. The fourth-order valence-corrected chi connectivity index (χ4v) is 9.82. The van der Waals surface area contributed by atoms with Gasteiger partial charge in [-0.15, -0.1) is 0 Å². The van der Waals surface area contributed by atoms with Gasteiger partial charge in [0.1, 0.15) is 0 Å². The lowest BCUT2D eigenvalue weighted by atomic mass is 9.58. The lowest BCUT2D eigenvalue weighted by Gasteiger charge is -2.48. The second-order valence-electron chi connectivity index (χ2n) is 14.7. The number of hydrogen-bond acceptors (Lipinski definition) is 3. The number of anilines is 1. The van der Waals surface area contributed by atoms with Gasteiger partial charge < -0.3 is 9.47 Å². The summed E-state index contributed by atoms with van der Waals surface area (Å²) in [5.74, 6) is 0.554. The zero-order valence-electron chi connectivity index (χ0n) is 28.4. The van der Waals surface area contributed by atoms with Crippen LogP contribution in [0.5, 0.6) is 0 Å². The molecule has 0 fully saturated rings. The van der Waals surface area contributed by atoms with Crippen LogP contribution >= 0.6 is 0 Å². The van der Waals surface area contributed by atoms with Crippen molar-refractivity contribution in [1.29, 1.82) is 10.5 Å². The first kappa shape index (κ1) is 30.5. The Morgan fingerprint density at radius 3 is 2.26 bits per heavy atom. The number of para-hydroxylation sites is 3. The number of benzene rings is 3. The second kappa shape index (κ2) is 12.1. The molecule has 0 amide bonds. The Bertz CT molecular complexity index is 2270. The Morgan fingerprint density at radius 1 is 0.760 bits per heavy atom. The van der Waals surface area contributed by atoms with Crippen LogP contribution in [0.4, 0.5) is 5.69 Å². The quantitative estimate of drug-likeness (QED) is 0.207. The average Bonchev–Trinajstić information content (AvgIpc) is 3.55. The van der Waals surface area contributed by atoms with Crippen molar-refractivity contribution in [2.45, 2.75) is 50.6 Å². The van der Waals surface area contributed by atoms with Crippen LogP contribution in [0.25, 0.3) is 27.5 Å². The molecule has 7 atom stereocenters. The minimum absolute atomic E-state index is 0.00420. The third-order valence-electron chi connectivity index (χ3n) is 12.1. The van der Waals surface area contributed by atoms with Gasteiger partial charge in [-0.2, -0.15) is 10.5 Å². The zero-order valence-corrected chi connectivity index (χ0v) is 28.4. The van der Waals surface area contributed by atoms with Gasteiger partial charge in [0.05, 0.1) is 41.2 Å². The number of allylic oxidation sites excluding steroid dienone is 9.